The summed E-state index contributed by atoms with van der Waals surface area (Å²) in [5, 5.41) is 0. The van der Waals surface area contributed by atoms with Crippen LogP contribution in [0, 0.1) is 5.41 Å². The van der Waals surface area contributed by atoms with Crippen molar-refractivity contribution in [2.45, 2.75) is 27.2 Å². The molecule has 96 valence electrons. The number of ether oxygens (including phenoxy) is 1. The van der Waals surface area contributed by atoms with E-state index in [1.54, 1.807) is 7.11 Å². The van der Waals surface area contributed by atoms with E-state index in [2.05, 4.69) is 26.5 Å². The highest BCUT2D eigenvalue weighted by Crippen LogP contribution is 2.26. The Morgan fingerprint density at radius 3 is 2.33 bits per heavy atom. The van der Waals surface area contributed by atoms with Gasteiger partial charge in [0, 0.05) is 6.42 Å². The van der Waals surface area contributed by atoms with Crippen molar-refractivity contribution in [2.75, 3.05) is 7.11 Å². The first-order valence-electron chi connectivity index (χ1n) is 6.01. The predicted octanol–water partition coefficient (Wildman–Crippen LogP) is 3.87. The number of carbonyl (C=O) groups excluding carboxylic acids is 1. The first-order chi connectivity index (χ1) is 8.47. The molecular weight excluding hydrogens is 224 g/mol. The van der Waals surface area contributed by atoms with Gasteiger partial charge < -0.3 is 9.53 Å². The topological polar surface area (TPSA) is 26.3 Å². The molecule has 0 aliphatic heterocycles. The van der Waals surface area contributed by atoms with Gasteiger partial charge >= 0.3 is 0 Å². The van der Waals surface area contributed by atoms with E-state index in [9.17, 15) is 4.79 Å². The quantitative estimate of drug-likeness (QED) is 0.593. The predicted molar refractivity (Wildman–Crippen MR) is 74.6 cm³/mol. The van der Waals surface area contributed by atoms with Crippen LogP contribution in [0.4, 0.5) is 0 Å². The van der Waals surface area contributed by atoms with Gasteiger partial charge in [-0.3, -0.25) is 0 Å². The number of hydrogen-bond donors (Lipinski definition) is 0. The molecule has 0 fully saturated rings. The van der Waals surface area contributed by atoms with Crippen molar-refractivity contribution in [1.29, 1.82) is 0 Å². The Hall–Kier alpha value is -1.79. The third-order valence-corrected chi connectivity index (χ3v) is 2.72. The molecule has 1 rings (SSSR count). The number of rotatable bonds is 4. The zero-order valence-corrected chi connectivity index (χ0v) is 11.5. The minimum Gasteiger partial charge on any atom is -0.497 e. The summed E-state index contributed by atoms with van der Waals surface area (Å²) >= 11 is 0. The molecule has 0 unspecified atom stereocenters. The largest absolute Gasteiger partial charge is 0.497 e. The molecule has 0 bridgehead atoms. The summed E-state index contributed by atoms with van der Waals surface area (Å²) in [7, 11) is 1.65. The Kier molecular flexibility index (Phi) is 4.94. The van der Waals surface area contributed by atoms with Crippen molar-refractivity contribution < 1.29 is 9.53 Å². The lowest BCUT2D eigenvalue weighted by Crippen LogP contribution is -2.08. The second-order valence-electron chi connectivity index (χ2n) is 5.16. The molecule has 2 heteroatoms. The van der Waals surface area contributed by atoms with Crippen LogP contribution < -0.4 is 4.74 Å². The van der Waals surface area contributed by atoms with Crippen LogP contribution >= 0.6 is 0 Å². The Morgan fingerprint density at radius 2 is 1.89 bits per heavy atom. The van der Waals surface area contributed by atoms with Gasteiger partial charge in [-0.2, -0.15) is 0 Å². The Balaban J connectivity index is 3.02. The lowest BCUT2D eigenvalue weighted by molar-refractivity contribution is -0.107. The monoisotopic (exact) mass is 244 g/mol. The fraction of sp³-hybridized carbons (Fsp3) is 0.375. The smallest absolute Gasteiger partial charge is 0.124 e. The van der Waals surface area contributed by atoms with E-state index in [0.29, 0.717) is 6.42 Å². The number of methoxy groups -OCH3 is 1. The lowest BCUT2D eigenvalue weighted by atomic mass is 9.85. The lowest BCUT2D eigenvalue weighted by Gasteiger charge is -2.18. The third kappa shape index (κ3) is 4.23. The number of hydrogen-bond acceptors (Lipinski definition) is 2. The minimum atomic E-state index is -0.0378. The summed E-state index contributed by atoms with van der Waals surface area (Å²) in [5.74, 6) is 0.833. The molecule has 0 heterocycles. The van der Waals surface area contributed by atoms with Gasteiger partial charge in [-0.05, 0) is 34.8 Å². The number of aldehydes is 1. The Bertz CT molecular complexity index is 455. The normalized spacial score (nSPS) is 10.4. The molecule has 0 spiro atoms. The van der Waals surface area contributed by atoms with E-state index >= 15 is 0 Å². The number of carbonyl (C=O) groups is 1. The molecule has 0 aliphatic carbocycles. The maximum absolute atomic E-state index is 10.7. The van der Waals surface area contributed by atoms with Crippen LogP contribution in [0.25, 0.3) is 6.08 Å². The first kappa shape index (κ1) is 14.3. The van der Waals surface area contributed by atoms with E-state index in [0.717, 1.165) is 23.2 Å². The van der Waals surface area contributed by atoms with E-state index < -0.39 is 0 Å². The third-order valence-electron chi connectivity index (χ3n) is 2.72. The molecule has 0 atom stereocenters. The molecule has 1 aromatic carbocycles. The summed E-state index contributed by atoms with van der Waals surface area (Å²) in [6.07, 6.45) is 3.26. The molecule has 0 saturated carbocycles. The van der Waals surface area contributed by atoms with E-state index in [4.69, 9.17) is 4.74 Å². The molecule has 0 aromatic heterocycles. The van der Waals surface area contributed by atoms with Crippen molar-refractivity contribution in [3.63, 3.8) is 0 Å². The van der Waals surface area contributed by atoms with Crippen molar-refractivity contribution in [1.82, 2.24) is 0 Å². The maximum atomic E-state index is 10.7. The SMILES string of the molecule is COc1ccc(C=C=C(CC=O)C(C)(C)C)cc1. The van der Waals surface area contributed by atoms with Crippen molar-refractivity contribution in [3.8, 4) is 5.75 Å². The van der Waals surface area contributed by atoms with E-state index in [1.807, 2.05) is 30.3 Å². The van der Waals surface area contributed by atoms with Gasteiger partial charge in [0.25, 0.3) is 0 Å². The van der Waals surface area contributed by atoms with Crippen LogP contribution in [0.5, 0.6) is 5.75 Å². The molecule has 0 radical (unpaired) electrons. The fourth-order valence-corrected chi connectivity index (χ4v) is 1.54. The molecular formula is C16H20O2. The van der Waals surface area contributed by atoms with Gasteiger partial charge in [-0.15, -0.1) is 5.73 Å². The molecule has 2 nitrogen and oxygen atoms in total. The van der Waals surface area contributed by atoms with Crippen LogP contribution in [0.15, 0.2) is 35.6 Å². The molecule has 0 amide bonds. The van der Waals surface area contributed by atoms with Crippen molar-refractivity contribution >= 4 is 12.4 Å². The highest BCUT2D eigenvalue weighted by molar-refractivity contribution is 5.57. The molecule has 0 aliphatic rings. The maximum Gasteiger partial charge on any atom is 0.124 e. The van der Waals surface area contributed by atoms with Crippen molar-refractivity contribution in [2.24, 2.45) is 5.41 Å². The van der Waals surface area contributed by atoms with Crippen LogP contribution in [-0.2, 0) is 4.79 Å². The van der Waals surface area contributed by atoms with Gasteiger partial charge in [0.15, 0.2) is 0 Å². The first-order valence-corrected chi connectivity index (χ1v) is 6.01. The number of benzene rings is 1. The second-order valence-corrected chi connectivity index (χ2v) is 5.16. The van der Waals surface area contributed by atoms with Crippen LogP contribution in [0.2, 0.25) is 0 Å². The summed E-state index contributed by atoms with van der Waals surface area (Å²) in [5.41, 5.74) is 5.25. The molecule has 0 saturated heterocycles. The van der Waals surface area contributed by atoms with E-state index in [-0.39, 0.29) is 5.41 Å². The molecule has 18 heavy (non-hydrogen) atoms. The summed E-state index contributed by atoms with van der Waals surface area (Å²) in [6, 6.07) is 7.74. The second kappa shape index (κ2) is 6.23. The fourth-order valence-electron chi connectivity index (χ4n) is 1.54. The Labute approximate surface area is 109 Å². The highest BCUT2D eigenvalue weighted by atomic mass is 16.5. The number of allylic oxidation sites excluding steroid dienone is 1. The summed E-state index contributed by atoms with van der Waals surface area (Å²) in [4.78, 5) is 10.7. The van der Waals surface area contributed by atoms with Gasteiger partial charge in [0.05, 0.1) is 7.11 Å². The standard InChI is InChI=1S/C16H20O2/c1-16(2,3)14(11-12-17)8-5-13-6-9-15(18-4)10-7-13/h5-7,9-10,12H,11H2,1-4H3. The molecule has 0 N–H and O–H groups in total. The average molecular weight is 244 g/mol. The van der Waals surface area contributed by atoms with Gasteiger partial charge in [-0.1, -0.05) is 32.9 Å². The highest BCUT2D eigenvalue weighted by Gasteiger charge is 2.15. The minimum absolute atomic E-state index is 0.0378. The zero-order chi connectivity index (χ0) is 13.6. The van der Waals surface area contributed by atoms with Crippen LogP contribution in [0.3, 0.4) is 0 Å². The van der Waals surface area contributed by atoms with Gasteiger partial charge in [0.2, 0.25) is 0 Å². The van der Waals surface area contributed by atoms with Crippen molar-refractivity contribution in [3.05, 3.63) is 41.1 Å². The van der Waals surface area contributed by atoms with Crippen LogP contribution in [0.1, 0.15) is 32.8 Å². The molecule has 1 aromatic rings. The van der Waals surface area contributed by atoms with Gasteiger partial charge in [-0.25, -0.2) is 0 Å². The van der Waals surface area contributed by atoms with Gasteiger partial charge in [0.1, 0.15) is 12.0 Å². The average Bonchev–Trinajstić information content (AvgIpc) is 2.33. The summed E-state index contributed by atoms with van der Waals surface area (Å²) in [6.45, 7) is 6.25. The van der Waals surface area contributed by atoms with E-state index in [1.165, 1.54) is 0 Å². The Morgan fingerprint density at radius 1 is 1.28 bits per heavy atom. The zero-order valence-electron chi connectivity index (χ0n) is 11.5. The van der Waals surface area contributed by atoms with Crippen LogP contribution in [-0.4, -0.2) is 13.4 Å². The summed E-state index contributed by atoms with van der Waals surface area (Å²) < 4.78 is 5.10.